The quantitative estimate of drug-likeness (QED) is 0.606. The molecule has 1 aliphatic carbocycles. The van der Waals surface area contributed by atoms with Gasteiger partial charge in [0.05, 0.1) is 4.90 Å². The largest absolute Gasteiger partial charge is 0.398 e. The van der Waals surface area contributed by atoms with Crippen molar-refractivity contribution < 1.29 is 8.42 Å². The summed E-state index contributed by atoms with van der Waals surface area (Å²) in [6, 6.07) is 3.51. The average molecular weight is 359 g/mol. The SMILES string of the molecule is CCCCCc1cc(C)c(N)cc1S(=O)(=O)c1n[nH]c2c1C=CCC2. The summed E-state index contributed by atoms with van der Waals surface area (Å²) in [6.45, 7) is 4.04. The minimum atomic E-state index is -3.72. The van der Waals surface area contributed by atoms with Crippen molar-refractivity contribution in [2.45, 2.75) is 62.3 Å². The van der Waals surface area contributed by atoms with Crippen molar-refractivity contribution >= 4 is 21.6 Å². The van der Waals surface area contributed by atoms with E-state index in [-0.39, 0.29) is 5.03 Å². The first-order valence-corrected chi connectivity index (χ1v) is 10.3. The van der Waals surface area contributed by atoms with E-state index < -0.39 is 9.84 Å². The van der Waals surface area contributed by atoms with Gasteiger partial charge in [0.2, 0.25) is 9.84 Å². The van der Waals surface area contributed by atoms with E-state index in [1.807, 2.05) is 25.1 Å². The van der Waals surface area contributed by atoms with Gasteiger partial charge in [0.1, 0.15) is 0 Å². The summed E-state index contributed by atoms with van der Waals surface area (Å²) in [6.07, 6.45) is 9.37. The fourth-order valence-electron chi connectivity index (χ4n) is 3.24. The Balaban J connectivity index is 2.09. The minimum Gasteiger partial charge on any atom is -0.398 e. The Kier molecular flexibility index (Phi) is 4.99. The van der Waals surface area contributed by atoms with E-state index in [1.165, 1.54) is 0 Å². The van der Waals surface area contributed by atoms with Crippen LogP contribution in [0.2, 0.25) is 0 Å². The summed E-state index contributed by atoms with van der Waals surface area (Å²) in [5, 5.41) is 7.13. The van der Waals surface area contributed by atoms with Crippen LogP contribution in [0.3, 0.4) is 0 Å². The predicted octanol–water partition coefficient (Wildman–Crippen LogP) is 3.83. The number of aromatic nitrogens is 2. The number of anilines is 1. The third-order valence-electron chi connectivity index (χ3n) is 4.74. The highest BCUT2D eigenvalue weighted by molar-refractivity contribution is 7.91. The zero-order valence-corrected chi connectivity index (χ0v) is 15.6. The third kappa shape index (κ3) is 3.35. The molecule has 0 amide bonds. The number of nitrogens with zero attached hydrogens (tertiary/aromatic N) is 1. The van der Waals surface area contributed by atoms with Gasteiger partial charge in [-0.2, -0.15) is 5.10 Å². The Morgan fingerprint density at radius 1 is 1.28 bits per heavy atom. The number of aryl methyl sites for hydroxylation is 3. The molecule has 1 aromatic heterocycles. The smallest absolute Gasteiger partial charge is 0.226 e. The number of benzene rings is 1. The first kappa shape index (κ1) is 17.7. The summed E-state index contributed by atoms with van der Waals surface area (Å²) < 4.78 is 26.6. The number of hydrogen-bond acceptors (Lipinski definition) is 4. The summed E-state index contributed by atoms with van der Waals surface area (Å²) >= 11 is 0. The number of fused-ring (bicyclic) bond motifs is 1. The molecule has 6 heteroatoms. The molecule has 1 heterocycles. The standard InChI is InChI=1S/C19H25N3O2S/c1-3-4-5-8-14-11-13(2)16(20)12-18(14)25(23,24)19-15-9-6-7-10-17(15)21-22-19/h6,9,11-12H,3-5,7-8,10,20H2,1-2H3,(H,21,22). The third-order valence-corrected chi connectivity index (χ3v) is 6.52. The van der Waals surface area contributed by atoms with E-state index in [0.717, 1.165) is 55.3 Å². The number of sulfone groups is 1. The zero-order valence-electron chi connectivity index (χ0n) is 14.8. The first-order valence-electron chi connectivity index (χ1n) is 8.83. The molecule has 2 aromatic rings. The number of rotatable bonds is 6. The van der Waals surface area contributed by atoms with Crippen LogP contribution in [-0.4, -0.2) is 18.6 Å². The van der Waals surface area contributed by atoms with Crippen LogP contribution >= 0.6 is 0 Å². The summed E-state index contributed by atoms with van der Waals surface area (Å²) in [4.78, 5) is 0.292. The van der Waals surface area contributed by atoms with E-state index in [1.54, 1.807) is 6.07 Å². The van der Waals surface area contributed by atoms with Crippen LogP contribution in [-0.2, 0) is 22.7 Å². The summed E-state index contributed by atoms with van der Waals surface area (Å²) in [5.74, 6) is 0. The van der Waals surface area contributed by atoms with E-state index in [9.17, 15) is 8.42 Å². The highest BCUT2D eigenvalue weighted by Gasteiger charge is 2.29. The Hall–Kier alpha value is -2.08. The number of H-pyrrole nitrogens is 1. The lowest BCUT2D eigenvalue weighted by molar-refractivity contribution is 0.589. The van der Waals surface area contributed by atoms with Crippen molar-refractivity contribution in [2.24, 2.45) is 0 Å². The van der Waals surface area contributed by atoms with Gasteiger partial charge in [0.15, 0.2) is 5.03 Å². The predicted molar refractivity (Wildman–Crippen MR) is 100 cm³/mol. The molecular formula is C19H25N3O2S. The first-order chi connectivity index (χ1) is 11.9. The molecule has 25 heavy (non-hydrogen) atoms. The molecule has 1 aromatic carbocycles. The fraction of sp³-hybridized carbons (Fsp3) is 0.421. The lowest BCUT2D eigenvalue weighted by Gasteiger charge is -2.13. The average Bonchev–Trinajstić information content (AvgIpc) is 3.02. The van der Waals surface area contributed by atoms with Crippen LogP contribution in [0.1, 0.15) is 55.0 Å². The number of allylic oxidation sites excluding steroid dienone is 1. The maximum Gasteiger partial charge on any atom is 0.226 e. The molecule has 3 N–H and O–H groups in total. The van der Waals surface area contributed by atoms with Crippen LogP contribution in [0.25, 0.3) is 6.08 Å². The van der Waals surface area contributed by atoms with Crippen molar-refractivity contribution in [3.63, 3.8) is 0 Å². The topological polar surface area (TPSA) is 88.8 Å². The number of unbranched alkanes of at least 4 members (excludes halogenated alkanes) is 2. The van der Waals surface area contributed by atoms with Gasteiger partial charge in [-0.15, -0.1) is 0 Å². The normalized spacial score (nSPS) is 13.8. The van der Waals surface area contributed by atoms with Gasteiger partial charge in [-0.05, 0) is 49.8 Å². The Morgan fingerprint density at radius 3 is 2.84 bits per heavy atom. The molecule has 1 aliphatic rings. The maximum absolute atomic E-state index is 13.3. The van der Waals surface area contributed by atoms with E-state index in [0.29, 0.717) is 16.1 Å². The molecule has 0 saturated carbocycles. The second-order valence-electron chi connectivity index (χ2n) is 6.64. The monoisotopic (exact) mass is 359 g/mol. The van der Waals surface area contributed by atoms with Gasteiger partial charge < -0.3 is 5.73 Å². The van der Waals surface area contributed by atoms with Gasteiger partial charge in [-0.3, -0.25) is 5.10 Å². The van der Waals surface area contributed by atoms with Gasteiger partial charge in [-0.1, -0.05) is 38.0 Å². The number of nitrogens with one attached hydrogen (secondary N) is 1. The molecular weight excluding hydrogens is 334 g/mol. The maximum atomic E-state index is 13.3. The van der Waals surface area contributed by atoms with E-state index in [2.05, 4.69) is 17.1 Å². The molecule has 0 bridgehead atoms. The Labute approximate surface area is 149 Å². The lowest BCUT2D eigenvalue weighted by atomic mass is 10.0. The molecule has 0 radical (unpaired) electrons. The van der Waals surface area contributed by atoms with Crippen molar-refractivity contribution in [1.82, 2.24) is 10.2 Å². The Morgan fingerprint density at radius 2 is 2.08 bits per heavy atom. The van der Waals surface area contributed by atoms with Gasteiger partial charge in [0.25, 0.3) is 0 Å². The molecule has 0 aliphatic heterocycles. The number of hydrogen-bond donors (Lipinski definition) is 2. The molecule has 5 nitrogen and oxygen atoms in total. The van der Waals surface area contributed by atoms with Crippen molar-refractivity contribution in [3.05, 3.63) is 40.6 Å². The van der Waals surface area contributed by atoms with Crippen LogP contribution in [0.4, 0.5) is 5.69 Å². The molecule has 0 saturated heterocycles. The molecule has 0 spiro atoms. The van der Waals surface area contributed by atoms with E-state index in [4.69, 9.17) is 5.73 Å². The lowest BCUT2D eigenvalue weighted by Crippen LogP contribution is -2.10. The highest BCUT2D eigenvalue weighted by Crippen LogP contribution is 2.32. The minimum absolute atomic E-state index is 0.110. The summed E-state index contributed by atoms with van der Waals surface area (Å²) in [5.41, 5.74) is 9.83. The molecule has 0 fully saturated rings. The highest BCUT2D eigenvalue weighted by atomic mass is 32.2. The molecule has 0 atom stereocenters. The zero-order chi connectivity index (χ0) is 18.0. The number of nitrogens with two attached hydrogens (primary N) is 1. The number of nitrogen functional groups attached to an aromatic ring is 1. The fourth-order valence-corrected chi connectivity index (χ4v) is 4.89. The van der Waals surface area contributed by atoms with Crippen LogP contribution in [0.5, 0.6) is 0 Å². The van der Waals surface area contributed by atoms with Gasteiger partial charge in [0, 0.05) is 16.9 Å². The van der Waals surface area contributed by atoms with Crippen molar-refractivity contribution in [2.75, 3.05) is 5.73 Å². The van der Waals surface area contributed by atoms with Gasteiger partial charge in [-0.25, -0.2) is 8.42 Å². The molecule has 3 rings (SSSR count). The Bertz CT molecular complexity index is 911. The summed E-state index contributed by atoms with van der Waals surface area (Å²) in [7, 11) is -3.72. The van der Waals surface area contributed by atoms with E-state index >= 15 is 0 Å². The second kappa shape index (κ2) is 7.04. The van der Waals surface area contributed by atoms with Crippen molar-refractivity contribution in [3.8, 4) is 0 Å². The molecule has 0 unspecified atom stereocenters. The van der Waals surface area contributed by atoms with Crippen LogP contribution in [0, 0.1) is 6.92 Å². The number of aromatic amines is 1. The second-order valence-corrected chi connectivity index (χ2v) is 8.47. The van der Waals surface area contributed by atoms with Crippen LogP contribution < -0.4 is 5.73 Å². The van der Waals surface area contributed by atoms with Crippen molar-refractivity contribution in [1.29, 1.82) is 0 Å². The van der Waals surface area contributed by atoms with Gasteiger partial charge >= 0.3 is 0 Å². The van der Waals surface area contributed by atoms with Crippen LogP contribution in [0.15, 0.2) is 28.1 Å². The molecule has 134 valence electrons.